The monoisotopic (exact) mass is 308 g/mol. The van der Waals surface area contributed by atoms with E-state index in [2.05, 4.69) is 35.5 Å². The van der Waals surface area contributed by atoms with Crippen LogP contribution in [0, 0.1) is 5.41 Å². The number of hydrogen-bond donors (Lipinski definition) is 1. The smallest absolute Gasteiger partial charge is 0.0546 e. The van der Waals surface area contributed by atoms with Gasteiger partial charge in [0.25, 0.3) is 0 Å². The second-order valence-electron chi connectivity index (χ2n) is 7.02. The fraction of sp³-hybridized carbons (Fsp3) is 0.765. The van der Waals surface area contributed by atoms with Gasteiger partial charge in [0, 0.05) is 49.1 Å². The van der Waals surface area contributed by atoms with E-state index in [0.717, 1.165) is 26.3 Å². The summed E-state index contributed by atoms with van der Waals surface area (Å²) < 4.78 is 5.85. The van der Waals surface area contributed by atoms with E-state index in [1.807, 2.05) is 11.3 Å². The van der Waals surface area contributed by atoms with Crippen LogP contribution in [0.3, 0.4) is 0 Å². The molecule has 1 aromatic rings. The van der Waals surface area contributed by atoms with Gasteiger partial charge in [-0.15, -0.1) is 11.3 Å². The average molecular weight is 308 g/mol. The Morgan fingerprint density at radius 3 is 3.14 bits per heavy atom. The topological polar surface area (TPSA) is 24.5 Å². The predicted octanol–water partition coefficient (Wildman–Crippen LogP) is 2.90. The van der Waals surface area contributed by atoms with E-state index < -0.39 is 0 Å². The lowest BCUT2D eigenvalue weighted by Crippen LogP contribution is -2.50. The van der Waals surface area contributed by atoms with Crippen molar-refractivity contribution in [2.45, 2.75) is 45.7 Å². The van der Waals surface area contributed by atoms with E-state index >= 15 is 0 Å². The molecule has 1 aromatic heterocycles. The minimum atomic E-state index is 0.302. The molecular weight excluding hydrogens is 280 g/mol. The first-order valence-corrected chi connectivity index (χ1v) is 9.14. The number of hydrogen-bond acceptors (Lipinski definition) is 4. The highest BCUT2D eigenvalue weighted by atomic mass is 32.1. The van der Waals surface area contributed by atoms with Gasteiger partial charge in [-0.25, -0.2) is 0 Å². The van der Waals surface area contributed by atoms with Crippen LogP contribution in [0.15, 0.2) is 11.4 Å². The molecule has 1 saturated heterocycles. The van der Waals surface area contributed by atoms with Crippen molar-refractivity contribution < 1.29 is 4.74 Å². The second-order valence-corrected chi connectivity index (χ2v) is 8.02. The van der Waals surface area contributed by atoms with Gasteiger partial charge in [-0.05, 0) is 36.3 Å². The van der Waals surface area contributed by atoms with Crippen molar-refractivity contribution in [3.8, 4) is 0 Å². The van der Waals surface area contributed by atoms with Gasteiger partial charge in [-0.2, -0.15) is 0 Å². The number of nitrogens with zero attached hydrogens (tertiary/aromatic N) is 1. The van der Waals surface area contributed by atoms with E-state index in [4.69, 9.17) is 4.74 Å². The summed E-state index contributed by atoms with van der Waals surface area (Å²) in [6.07, 6.45) is 3.72. The maximum absolute atomic E-state index is 5.85. The lowest BCUT2D eigenvalue weighted by atomic mass is 9.81. The van der Waals surface area contributed by atoms with Crippen molar-refractivity contribution in [1.82, 2.24) is 10.2 Å². The minimum Gasteiger partial charge on any atom is -0.381 e. The minimum absolute atomic E-state index is 0.302. The van der Waals surface area contributed by atoms with Crippen molar-refractivity contribution in [3.63, 3.8) is 0 Å². The van der Waals surface area contributed by atoms with Crippen LogP contribution in [0.4, 0.5) is 0 Å². The van der Waals surface area contributed by atoms with Crippen molar-refractivity contribution in [3.05, 3.63) is 21.9 Å². The Morgan fingerprint density at radius 2 is 2.38 bits per heavy atom. The van der Waals surface area contributed by atoms with Gasteiger partial charge in [0.1, 0.15) is 0 Å². The van der Waals surface area contributed by atoms with Crippen LogP contribution < -0.4 is 5.32 Å². The van der Waals surface area contributed by atoms with Gasteiger partial charge in [-0.1, -0.05) is 13.8 Å². The zero-order chi connectivity index (χ0) is 14.7. The van der Waals surface area contributed by atoms with Gasteiger partial charge in [-0.3, -0.25) is 4.90 Å². The van der Waals surface area contributed by atoms with Crippen LogP contribution in [-0.4, -0.2) is 43.8 Å². The number of ether oxygens (including phenoxy) is 1. The highest BCUT2D eigenvalue weighted by molar-refractivity contribution is 7.10. The van der Waals surface area contributed by atoms with Gasteiger partial charge >= 0.3 is 0 Å². The van der Waals surface area contributed by atoms with Crippen LogP contribution in [0.1, 0.15) is 37.1 Å². The highest BCUT2D eigenvalue weighted by Crippen LogP contribution is 2.32. The molecule has 0 radical (unpaired) electrons. The Morgan fingerprint density at radius 1 is 1.48 bits per heavy atom. The van der Waals surface area contributed by atoms with Crippen molar-refractivity contribution in [2.24, 2.45) is 5.41 Å². The Bertz CT molecular complexity index is 451. The maximum atomic E-state index is 5.85. The van der Waals surface area contributed by atoms with Crippen molar-refractivity contribution in [1.29, 1.82) is 0 Å². The Labute approximate surface area is 132 Å². The summed E-state index contributed by atoms with van der Waals surface area (Å²) in [6.45, 7) is 10.9. The molecule has 3 heterocycles. The molecule has 0 amide bonds. The molecule has 4 heteroatoms. The van der Waals surface area contributed by atoms with Crippen molar-refractivity contribution >= 4 is 11.3 Å². The summed E-state index contributed by atoms with van der Waals surface area (Å²) >= 11 is 1.92. The molecule has 118 valence electrons. The fourth-order valence-electron chi connectivity index (χ4n) is 3.57. The standard InChI is InChI=1S/C17H28N2OS/c1-14(2)18-11-17(6-3-8-20-13-17)12-19-7-4-16-15(10-19)5-9-21-16/h5,9,14,18H,3-4,6-8,10-13H2,1-2H3. The second kappa shape index (κ2) is 6.78. The van der Waals surface area contributed by atoms with E-state index in [9.17, 15) is 0 Å². The van der Waals surface area contributed by atoms with Crippen LogP contribution in [0.5, 0.6) is 0 Å². The molecule has 1 N–H and O–H groups in total. The molecule has 0 bridgehead atoms. The molecule has 2 aliphatic rings. The molecular formula is C17H28N2OS. The normalized spacial score (nSPS) is 27.0. The Kier molecular flexibility index (Phi) is 4.99. The Hall–Kier alpha value is -0.420. The molecule has 3 nitrogen and oxygen atoms in total. The molecule has 1 atom stereocenters. The van der Waals surface area contributed by atoms with Crippen LogP contribution >= 0.6 is 11.3 Å². The molecule has 2 aliphatic heterocycles. The van der Waals surface area contributed by atoms with Gasteiger partial charge < -0.3 is 10.1 Å². The SMILES string of the molecule is CC(C)NCC1(CN2CCc3sccc3C2)CCCOC1. The Balaban J connectivity index is 1.64. The summed E-state index contributed by atoms with van der Waals surface area (Å²) in [5.41, 5.74) is 1.85. The lowest BCUT2D eigenvalue weighted by Gasteiger charge is -2.42. The van der Waals surface area contributed by atoms with Crippen LogP contribution in [0.2, 0.25) is 0 Å². The zero-order valence-electron chi connectivity index (χ0n) is 13.4. The molecule has 0 aromatic carbocycles. The molecule has 3 rings (SSSR count). The number of fused-ring (bicyclic) bond motifs is 1. The zero-order valence-corrected chi connectivity index (χ0v) is 14.2. The molecule has 0 spiro atoms. The average Bonchev–Trinajstić information content (AvgIpc) is 2.94. The first-order valence-electron chi connectivity index (χ1n) is 8.26. The van der Waals surface area contributed by atoms with E-state index in [1.165, 1.54) is 32.4 Å². The number of thiophene rings is 1. The van der Waals surface area contributed by atoms with Gasteiger partial charge in [0.2, 0.25) is 0 Å². The lowest BCUT2D eigenvalue weighted by molar-refractivity contribution is -0.0290. The molecule has 0 aliphatic carbocycles. The largest absolute Gasteiger partial charge is 0.381 e. The first kappa shape index (κ1) is 15.5. The van der Waals surface area contributed by atoms with E-state index in [0.29, 0.717) is 11.5 Å². The predicted molar refractivity (Wildman–Crippen MR) is 88.9 cm³/mol. The molecule has 21 heavy (non-hydrogen) atoms. The van der Waals surface area contributed by atoms with Gasteiger partial charge in [0.05, 0.1) is 6.61 Å². The third-order valence-electron chi connectivity index (χ3n) is 4.74. The fourth-order valence-corrected chi connectivity index (χ4v) is 4.46. The third kappa shape index (κ3) is 3.86. The molecule has 1 fully saturated rings. The molecule has 0 saturated carbocycles. The summed E-state index contributed by atoms with van der Waals surface area (Å²) in [6, 6.07) is 2.86. The summed E-state index contributed by atoms with van der Waals surface area (Å²) in [5.74, 6) is 0. The quantitative estimate of drug-likeness (QED) is 0.905. The summed E-state index contributed by atoms with van der Waals surface area (Å²) in [4.78, 5) is 4.24. The van der Waals surface area contributed by atoms with E-state index in [-0.39, 0.29) is 0 Å². The number of nitrogens with one attached hydrogen (secondary N) is 1. The third-order valence-corrected chi connectivity index (χ3v) is 5.76. The highest BCUT2D eigenvalue weighted by Gasteiger charge is 2.35. The number of rotatable bonds is 5. The summed E-state index contributed by atoms with van der Waals surface area (Å²) in [7, 11) is 0. The van der Waals surface area contributed by atoms with E-state index in [1.54, 1.807) is 10.4 Å². The first-order chi connectivity index (χ1) is 10.2. The van der Waals surface area contributed by atoms with Crippen molar-refractivity contribution in [2.75, 3.05) is 32.8 Å². The maximum Gasteiger partial charge on any atom is 0.0546 e. The van der Waals surface area contributed by atoms with Gasteiger partial charge in [0.15, 0.2) is 0 Å². The van der Waals surface area contributed by atoms with Crippen LogP contribution in [0.25, 0.3) is 0 Å². The van der Waals surface area contributed by atoms with Crippen LogP contribution in [-0.2, 0) is 17.7 Å². The summed E-state index contributed by atoms with van der Waals surface area (Å²) in [5, 5.41) is 5.90. The molecule has 1 unspecified atom stereocenters.